The molecule has 7 aliphatic rings. The Kier molecular flexibility index (Phi) is 47.8. The maximum Gasteiger partial charge on any atom is 1.00 e. The first-order valence-electron chi connectivity index (χ1n) is 37.7. The largest absolute Gasteiger partial charge is 1.00 e. The third-order valence-corrected chi connectivity index (χ3v) is 21.3. The molecule has 11 rings (SSSR count). The van der Waals surface area contributed by atoms with Gasteiger partial charge in [-0.1, -0.05) is 164 Å². The molecule has 7 fully saturated rings. The Morgan fingerprint density at radius 1 is 0.574 bits per heavy atom. The van der Waals surface area contributed by atoms with Gasteiger partial charge in [-0.15, -0.1) is 5.34 Å². The van der Waals surface area contributed by atoms with E-state index >= 15 is 0 Å². The number of alkyl halides is 1. The fraction of sp³-hybridized carbons (Fsp3) is 0.617. The van der Waals surface area contributed by atoms with Gasteiger partial charge in [-0.2, -0.15) is 6.42 Å². The molecule has 3 amide bonds. The Labute approximate surface area is 690 Å². The summed E-state index contributed by atoms with van der Waals surface area (Å²) in [5.74, 6) is 14.2. The quantitative estimate of drug-likeness (QED) is 0.00677. The summed E-state index contributed by atoms with van der Waals surface area (Å²) >= 11 is 3.17. The molecular formula is C81H131BrLiN12NaO12. The minimum Gasteiger partial charge on any atom is -0.466 e. The van der Waals surface area contributed by atoms with Crippen molar-refractivity contribution in [3.63, 3.8) is 0 Å². The molecule has 10 N–H and O–H groups in total. The number of hydrazine groups is 2. The summed E-state index contributed by atoms with van der Waals surface area (Å²) in [7, 11) is 0. The summed E-state index contributed by atoms with van der Waals surface area (Å²) in [5, 5.41) is 18.1. The number of rotatable bonds is 16. The van der Waals surface area contributed by atoms with Crippen LogP contribution in [0.4, 0.5) is 9.59 Å². The van der Waals surface area contributed by atoms with Crippen molar-refractivity contribution in [2.75, 3.05) is 78.7 Å². The molecule has 596 valence electrons. The summed E-state index contributed by atoms with van der Waals surface area (Å²) in [4.78, 5) is 86.2. The topological polar surface area (TPSA) is 331 Å². The molecule has 7 heterocycles. The summed E-state index contributed by atoms with van der Waals surface area (Å²) in [6, 6.07) is 42.0. The number of piperidine rings is 5. The fourth-order valence-corrected chi connectivity index (χ4v) is 14.0. The first kappa shape index (κ1) is 101. The van der Waals surface area contributed by atoms with Crippen molar-refractivity contribution in [1.82, 2.24) is 41.0 Å². The number of benzene rings is 4. The molecule has 24 nitrogen and oxygen atoms in total. The number of alkyl carbamates (subject to hydrolysis) is 2. The number of nitrogens with zero attached hydrogens (tertiary/aromatic N) is 5. The van der Waals surface area contributed by atoms with Crippen LogP contribution in [0, 0.1) is 39.7 Å². The number of ether oxygens (including phenoxy) is 4. The smallest absolute Gasteiger partial charge is 0.466 e. The van der Waals surface area contributed by atoms with Gasteiger partial charge in [-0.25, -0.2) is 15.4 Å². The van der Waals surface area contributed by atoms with Crippen LogP contribution in [0.15, 0.2) is 127 Å². The molecule has 0 aromatic heterocycles. The van der Waals surface area contributed by atoms with Gasteiger partial charge >= 0.3 is 72.5 Å². The van der Waals surface area contributed by atoms with Gasteiger partial charge in [0.15, 0.2) is 0 Å². The van der Waals surface area contributed by atoms with Gasteiger partial charge in [-0.05, 0) is 168 Å². The van der Waals surface area contributed by atoms with Crippen molar-refractivity contribution in [2.24, 2.45) is 45.5 Å². The van der Waals surface area contributed by atoms with E-state index in [1.54, 1.807) is 20.8 Å². The minimum atomic E-state index is -0.539. The number of hydrogen-bond donors (Lipinski definition) is 7. The second-order valence-electron chi connectivity index (χ2n) is 30.4. The average Bonchev–Trinajstić information content (AvgIpc) is 1.62. The molecular weight excluding hydrogens is 1440 g/mol. The van der Waals surface area contributed by atoms with Gasteiger partial charge in [0.05, 0.1) is 29.7 Å². The first-order chi connectivity index (χ1) is 50.3. The van der Waals surface area contributed by atoms with Gasteiger partial charge in [0.2, 0.25) is 5.91 Å². The second-order valence-corrected chi connectivity index (χ2v) is 32.4. The number of halogens is 1. The zero-order valence-electron chi connectivity index (χ0n) is 68.0. The Balaban J connectivity index is 0.00000127. The second kappa shape index (κ2) is 51.3. The summed E-state index contributed by atoms with van der Waals surface area (Å²) in [6.07, 6.45) is 11.0. The number of esters is 2. The summed E-state index contributed by atoms with van der Waals surface area (Å²) in [6.45, 7) is 43.8. The van der Waals surface area contributed by atoms with E-state index in [-0.39, 0.29) is 113 Å². The standard InChI is InChI=1S/C18H27NO2.C16H25N3O.C16H22N2O2.C12H15NO.C9H16N2O2.C6H11BrO2.C4H9.Li.H4N2.HNO2.Na.H2/c1-4-21-17(20)18(2,3)16-10-12-19(13-11-16)14-15-8-6-5-7-9-15;1-16(2,15(20)18-17)14-8-10-19(11-9-14)12-13-6-4-3-5-7-13;1-15(2)16(20-14(19)17-15)8-10-18(11-9-16)12-13-6-4-3-5-7-13;14-12-6-8-13(9-7-12)10-11-4-2-1-3-5-11;1-8(2)9(13-7(12)11-8)3-5-10-6-4-9;1-4-9-5(8)6(2,3)7;1-3-4-2;;1-2;2-1-3;;/h5-9,16H,4,10-14H2,1-3H3;3-7,14H,8-12,17H2,1-2H3,(H,18,20);3-7H,8-12H2,1-2H3,(H,17,19);1-5H,6-10H2;10H,3-6H2,1-2H3,(H,11,12);4H2,1-3H3;1,3-4H2,2H3;;1-2H2;(H,2,3);;1H/q;;;;;;-1;+1;;;+1;/p-1. The Hall–Kier alpha value is -5.34. The molecule has 4 aromatic rings. The van der Waals surface area contributed by atoms with E-state index in [1.165, 1.54) is 28.7 Å². The molecule has 0 atom stereocenters. The third kappa shape index (κ3) is 33.9. The van der Waals surface area contributed by atoms with Crippen LogP contribution in [0.5, 0.6) is 0 Å². The van der Waals surface area contributed by atoms with Crippen molar-refractivity contribution in [1.29, 1.82) is 0 Å². The third-order valence-electron chi connectivity index (χ3n) is 21.0. The van der Waals surface area contributed by atoms with Gasteiger partial charge < -0.3 is 51.9 Å². The molecule has 0 unspecified atom stereocenters. The number of hydrogen-bond acceptors (Lipinski definition) is 21. The SMILES string of the molecule is CC(C)(C(=O)NN)C1CCN(Cc2ccccc2)CC1.CC1(C)NC(=O)OC12CCN(Cc1ccccc1)CC2.CC1(C)NC(=O)OC12CCNCC2.CCOC(=O)C(C)(C)Br.CCOC(=O)C(C)(C)C1CCN(Cc2ccccc2)CC1.NN.O=C1CCN(Cc2ccccc2)CC1.O=N[O-].[CH2-]CCC.[HH].[Li+].[Na+]. The predicted molar refractivity (Wildman–Crippen MR) is 427 cm³/mol. The van der Waals surface area contributed by atoms with Crippen LogP contribution in [-0.2, 0) is 64.3 Å². The van der Waals surface area contributed by atoms with Gasteiger partial charge in [0, 0.05) is 97.7 Å². The number of nitrogens with two attached hydrogens (primary N) is 3. The molecule has 0 saturated carbocycles. The molecule has 2 spiro atoms. The van der Waals surface area contributed by atoms with Crippen LogP contribution in [0.1, 0.15) is 191 Å². The zero-order chi connectivity index (χ0) is 79.0. The van der Waals surface area contributed by atoms with E-state index in [4.69, 9.17) is 34.9 Å². The molecule has 0 bridgehead atoms. The normalized spacial score (nSPS) is 18.6. The van der Waals surface area contributed by atoms with E-state index in [9.17, 15) is 28.8 Å². The summed E-state index contributed by atoms with van der Waals surface area (Å²) < 4.78 is 20.5. The van der Waals surface area contributed by atoms with Crippen LogP contribution in [-0.4, -0.2) is 161 Å². The number of carbonyl (C=O) groups excluding carboxylic acids is 6. The van der Waals surface area contributed by atoms with E-state index in [1.807, 2.05) is 66.7 Å². The van der Waals surface area contributed by atoms with Crippen molar-refractivity contribution >= 4 is 51.7 Å². The van der Waals surface area contributed by atoms with Crippen LogP contribution in [0.2, 0.25) is 0 Å². The molecule has 108 heavy (non-hydrogen) atoms. The predicted octanol–water partition coefficient (Wildman–Crippen LogP) is 7.09. The number of carbonyl (C=O) groups is 6. The van der Waals surface area contributed by atoms with Crippen molar-refractivity contribution in [2.45, 2.75) is 220 Å². The first-order valence-corrected chi connectivity index (χ1v) is 38.5. The van der Waals surface area contributed by atoms with Gasteiger partial charge in [0.25, 0.3) is 0 Å². The Morgan fingerprint density at radius 2 is 0.870 bits per heavy atom. The van der Waals surface area contributed by atoms with Crippen molar-refractivity contribution in [3.8, 4) is 0 Å². The molecule has 0 radical (unpaired) electrons. The number of amides is 3. The Bertz CT molecular complexity index is 3170. The number of unbranched alkanes of at least 4 members (excludes halogenated alkanes) is 1. The minimum absolute atomic E-state index is 0. The van der Waals surface area contributed by atoms with E-state index in [2.05, 4.69) is 199 Å². The van der Waals surface area contributed by atoms with Crippen molar-refractivity contribution < 1.29 is 97.6 Å². The molecule has 27 heteroatoms. The number of likely N-dealkylation sites (tertiary alicyclic amines) is 4. The fourth-order valence-electron chi connectivity index (χ4n) is 13.9. The number of Topliss-reactive ketones (excluding diaryl/α,β-unsaturated/α-hetero) is 1. The number of nitrogens with one attached hydrogen (secondary N) is 4. The van der Waals surface area contributed by atoms with E-state index < -0.39 is 4.32 Å². The number of ketones is 1. The zero-order valence-corrected chi connectivity index (χ0v) is 71.5. The van der Waals surface area contributed by atoms with Gasteiger partial charge in [0.1, 0.15) is 21.3 Å². The summed E-state index contributed by atoms with van der Waals surface area (Å²) in [5.41, 5.74) is 5.82. The Morgan fingerprint density at radius 3 is 1.15 bits per heavy atom. The van der Waals surface area contributed by atoms with E-state index in [0.717, 1.165) is 168 Å². The van der Waals surface area contributed by atoms with Crippen LogP contribution >= 0.6 is 15.9 Å². The monoisotopic (exact) mass is 1570 g/mol. The van der Waals surface area contributed by atoms with Crippen LogP contribution in [0.3, 0.4) is 0 Å². The molecule has 0 aliphatic carbocycles. The molecule has 4 aromatic carbocycles. The maximum absolute atomic E-state index is 12.1. The molecule has 7 aliphatic heterocycles. The molecule has 7 saturated heterocycles. The average molecular weight is 1570 g/mol. The maximum atomic E-state index is 12.1. The van der Waals surface area contributed by atoms with Crippen LogP contribution < -0.4 is 87.3 Å². The van der Waals surface area contributed by atoms with Crippen molar-refractivity contribution in [3.05, 3.63) is 161 Å². The van der Waals surface area contributed by atoms with Crippen LogP contribution in [0.25, 0.3) is 0 Å². The van der Waals surface area contributed by atoms with Gasteiger partial charge in [-0.3, -0.25) is 55.9 Å². The van der Waals surface area contributed by atoms with E-state index in [0.29, 0.717) is 30.8 Å².